The highest BCUT2D eigenvalue weighted by Crippen LogP contribution is 2.44. The number of hydrogen-bond donors (Lipinski definition) is 1. The molecule has 2 saturated carbocycles. The fraction of sp³-hybridized carbons (Fsp3) is 0.467. The van der Waals surface area contributed by atoms with E-state index in [0.717, 1.165) is 35.3 Å². The smallest absolute Gasteiger partial charge is 0.110 e. The molecule has 4 rings (SSSR count). The third-order valence-electron chi connectivity index (χ3n) is 4.44. The van der Waals surface area contributed by atoms with Crippen LogP contribution in [0.4, 0.5) is 0 Å². The van der Waals surface area contributed by atoms with Crippen LogP contribution in [0.2, 0.25) is 0 Å². The van der Waals surface area contributed by atoms with Crippen LogP contribution in [0.3, 0.4) is 0 Å². The average Bonchev–Trinajstić information content (AvgIpc) is 3.09. The molecule has 90 valence electrons. The largest absolute Gasteiger partial charge is 0.342 e. The van der Waals surface area contributed by atoms with Gasteiger partial charge >= 0.3 is 0 Å². The number of hydrogen-bond acceptors (Lipinski definition) is 2. The van der Waals surface area contributed by atoms with Crippen molar-refractivity contribution in [2.45, 2.75) is 43.4 Å². The van der Waals surface area contributed by atoms with E-state index in [0.29, 0.717) is 5.92 Å². The Labute approximate surface area is 106 Å². The van der Waals surface area contributed by atoms with Crippen molar-refractivity contribution in [3.63, 3.8) is 0 Å². The lowest BCUT2D eigenvalue weighted by atomic mass is 9.65. The lowest BCUT2D eigenvalue weighted by Crippen LogP contribution is -2.32. The Morgan fingerprint density at radius 2 is 2.17 bits per heavy atom. The van der Waals surface area contributed by atoms with Gasteiger partial charge in [-0.2, -0.15) is 5.26 Å². The lowest BCUT2D eigenvalue weighted by Gasteiger charge is -2.35. The zero-order valence-corrected chi connectivity index (χ0v) is 10.2. The van der Waals surface area contributed by atoms with E-state index >= 15 is 0 Å². The number of nitrogens with one attached hydrogen (secondary N) is 1. The Morgan fingerprint density at radius 1 is 1.33 bits per heavy atom. The Morgan fingerprint density at radius 3 is 2.78 bits per heavy atom. The highest BCUT2D eigenvalue weighted by Gasteiger charge is 2.39. The van der Waals surface area contributed by atoms with E-state index < -0.39 is 0 Å². The highest BCUT2D eigenvalue weighted by atomic mass is 14.9. The zero-order chi connectivity index (χ0) is 12.2. The Kier molecular flexibility index (Phi) is 1.89. The van der Waals surface area contributed by atoms with E-state index in [2.05, 4.69) is 34.2 Å². The van der Waals surface area contributed by atoms with Gasteiger partial charge in [-0.05, 0) is 49.8 Å². The molecular formula is C15H15N3. The number of aromatic amines is 1. The predicted molar refractivity (Wildman–Crippen MR) is 69.2 cm³/mol. The third-order valence-corrected chi connectivity index (χ3v) is 4.44. The quantitative estimate of drug-likeness (QED) is 0.870. The van der Waals surface area contributed by atoms with E-state index in [-0.39, 0.29) is 5.41 Å². The summed E-state index contributed by atoms with van der Waals surface area (Å²) in [6, 6.07) is 8.78. The molecule has 1 heterocycles. The second-order valence-electron chi connectivity index (χ2n) is 5.68. The van der Waals surface area contributed by atoms with Crippen molar-refractivity contribution in [3.05, 3.63) is 29.6 Å². The summed E-state index contributed by atoms with van der Waals surface area (Å²) in [6.07, 6.45) is 5.68. The summed E-state index contributed by atoms with van der Waals surface area (Å²) < 4.78 is 0. The summed E-state index contributed by atoms with van der Waals surface area (Å²) in [4.78, 5) is 8.05. The molecule has 2 aliphatic rings. The molecule has 0 saturated heterocycles. The highest BCUT2D eigenvalue weighted by molar-refractivity contribution is 5.76. The molecule has 18 heavy (non-hydrogen) atoms. The summed E-state index contributed by atoms with van der Waals surface area (Å²) in [6.45, 7) is 0. The van der Waals surface area contributed by atoms with Crippen LogP contribution in [0.25, 0.3) is 11.0 Å². The zero-order valence-electron chi connectivity index (χ0n) is 10.2. The van der Waals surface area contributed by atoms with E-state index in [9.17, 15) is 5.26 Å². The van der Waals surface area contributed by atoms with Crippen LogP contribution >= 0.6 is 0 Å². The molecule has 0 unspecified atom stereocenters. The average molecular weight is 237 g/mol. The van der Waals surface area contributed by atoms with Crippen molar-refractivity contribution < 1.29 is 0 Å². The van der Waals surface area contributed by atoms with E-state index in [1.54, 1.807) is 0 Å². The van der Waals surface area contributed by atoms with Crippen LogP contribution in [0.15, 0.2) is 18.2 Å². The van der Waals surface area contributed by atoms with Crippen molar-refractivity contribution in [3.8, 4) is 6.07 Å². The molecule has 0 aliphatic heterocycles. The minimum atomic E-state index is -0.223. The van der Waals surface area contributed by atoms with E-state index in [4.69, 9.17) is 0 Å². The van der Waals surface area contributed by atoms with Gasteiger partial charge in [0.25, 0.3) is 0 Å². The summed E-state index contributed by atoms with van der Waals surface area (Å²) in [7, 11) is 0. The number of rotatable bonds is 2. The number of fused-ring (bicyclic) bond motifs is 1. The normalized spacial score (nSPS) is 21.5. The van der Waals surface area contributed by atoms with Crippen molar-refractivity contribution in [1.29, 1.82) is 5.26 Å². The Hall–Kier alpha value is -1.82. The number of nitriles is 1. The van der Waals surface area contributed by atoms with Crippen LogP contribution < -0.4 is 0 Å². The predicted octanol–water partition coefficient (Wildman–Crippen LogP) is 3.39. The second-order valence-corrected chi connectivity index (χ2v) is 5.68. The minimum absolute atomic E-state index is 0.223. The lowest BCUT2D eigenvalue weighted by molar-refractivity contribution is 0.324. The molecule has 3 nitrogen and oxygen atoms in total. The molecule has 1 N–H and O–H groups in total. The second kappa shape index (κ2) is 3.35. The van der Waals surface area contributed by atoms with Crippen LogP contribution in [0.1, 0.15) is 49.4 Å². The standard InChI is InChI=1S/C15H15N3/c16-9-15(6-1-7-15)11-4-5-12-13(8-11)18-14(17-12)10-2-3-10/h4-5,8,10H,1-3,6-7H2,(H,17,18). The van der Waals surface area contributed by atoms with Crippen LogP contribution in [0.5, 0.6) is 0 Å². The first-order valence-corrected chi connectivity index (χ1v) is 6.72. The van der Waals surface area contributed by atoms with E-state index in [1.807, 2.05) is 0 Å². The Balaban J connectivity index is 1.81. The van der Waals surface area contributed by atoms with Crippen molar-refractivity contribution >= 4 is 11.0 Å². The Bertz CT molecular complexity index is 654. The monoisotopic (exact) mass is 237 g/mol. The first-order chi connectivity index (χ1) is 8.81. The molecule has 2 fully saturated rings. The number of aromatic nitrogens is 2. The first-order valence-electron chi connectivity index (χ1n) is 6.72. The number of imidazole rings is 1. The fourth-order valence-corrected chi connectivity index (χ4v) is 2.87. The summed E-state index contributed by atoms with van der Waals surface area (Å²) in [5.41, 5.74) is 3.07. The van der Waals surface area contributed by atoms with Gasteiger partial charge in [-0.3, -0.25) is 0 Å². The van der Waals surface area contributed by atoms with Gasteiger partial charge in [0.05, 0.1) is 22.5 Å². The maximum absolute atomic E-state index is 9.39. The molecule has 1 aromatic carbocycles. The van der Waals surface area contributed by atoms with Crippen LogP contribution in [0, 0.1) is 11.3 Å². The van der Waals surface area contributed by atoms with Gasteiger partial charge in [-0.25, -0.2) is 4.98 Å². The topological polar surface area (TPSA) is 52.5 Å². The molecule has 2 aliphatic carbocycles. The number of nitrogens with zero attached hydrogens (tertiary/aromatic N) is 2. The molecule has 0 spiro atoms. The molecule has 0 bridgehead atoms. The number of H-pyrrole nitrogens is 1. The van der Waals surface area contributed by atoms with Gasteiger partial charge in [0.15, 0.2) is 0 Å². The molecular weight excluding hydrogens is 222 g/mol. The van der Waals surface area contributed by atoms with Crippen LogP contribution in [-0.4, -0.2) is 9.97 Å². The molecule has 0 atom stereocenters. The SMILES string of the molecule is N#CC1(c2ccc3nc(C4CC4)[nH]c3c2)CCC1. The molecule has 0 amide bonds. The van der Waals surface area contributed by atoms with E-state index in [1.165, 1.54) is 19.3 Å². The van der Waals surface area contributed by atoms with Gasteiger partial charge in [0.2, 0.25) is 0 Å². The molecule has 3 heteroatoms. The van der Waals surface area contributed by atoms with Crippen LogP contribution in [-0.2, 0) is 5.41 Å². The number of benzene rings is 1. The van der Waals surface area contributed by atoms with Crippen molar-refractivity contribution in [1.82, 2.24) is 9.97 Å². The maximum atomic E-state index is 9.39. The first kappa shape index (κ1) is 10.1. The van der Waals surface area contributed by atoms with Gasteiger partial charge in [-0.1, -0.05) is 6.07 Å². The molecule has 2 aromatic rings. The van der Waals surface area contributed by atoms with Gasteiger partial charge in [0, 0.05) is 5.92 Å². The molecule has 0 radical (unpaired) electrons. The minimum Gasteiger partial charge on any atom is -0.342 e. The summed E-state index contributed by atoms with van der Waals surface area (Å²) in [5.74, 6) is 1.77. The van der Waals surface area contributed by atoms with Gasteiger partial charge < -0.3 is 4.98 Å². The third kappa shape index (κ3) is 1.32. The van der Waals surface area contributed by atoms with Gasteiger partial charge in [-0.15, -0.1) is 0 Å². The van der Waals surface area contributed by atoms with Gasteiger partial charge in [0.1, 0.15) is 5.82 Å². The van der Waals surface area contributed by atoms with Crippen molar-refractivity contribution in [2.75, 3.05) is 0 Å². The summed E-state index contributed by atoms with van der Waals surface area (Å²) in [5, 5.41) is 9.39. The maximum Gasteiger partial charge on any atom is 0.110 e. The fourth-order valence-electron chi connectivity index (χ4n) is 2.87. The van der Waals surface area contributed by atoms with Crippen molar-refractivity contribution in [2.24, 2.45) is 0 Å². The summed E-state index contributed by atoms with van der Waals surface area (Å²) >= 11 is 0. The molecule has 1 aromatic heterocycles.